The molecule has 0 saturated heterocycles. The summed E-state index contributed by atoms with van der Waals surface area (Å²) in [4.78, 5) is 30.8. The molecule has 0 spiro atoms. The molecule has 0 saturated carbocycles. The van der Waals surface area contributed by atoms with E-state index in [1.807, 2.05) is 31.2 Å². The molecule has 0 radical (unpaired) electrons. The summed E-state index contributed by atoms with van der Waals surface area (Å²) < 4.78 is 0. The topological polar surface area (TPSA) is 98.0 Å². The predicted octanol–water partition coefficient (Wildman–Crippen LogP) is 4.01. The minimum absolute atomic E-state index is 0.0204. The van der Waals surface area contributed by atoms with Crippen molar-refractivity contribution in [1.82, 2.24) is 9.97 Å². The van der Waals surface area contributed by atoms with Gasteiger partial charge in [-0.05, 0) is 24.6 Å². The van der Waals surface area contributed by atoms with Crippen molar-refractivity contribution in [2.24, 2.45) is 0 Å². The summed E-state index contributed by atoms with van der Waals surface area (Å²) in [6.45, 7) is 1.92. The quantitative estimate of drug-likeness (QED) is 0.421. The average Bonchev–Trinajstić information content (AvgIpc) is 2.69. The van der Waals surface area contributed by atoms with Crippen LogP contribution in [0, 0.1) is 17.0 Å². The van der Waals surface area contributed by atoms with Gasteiger partial charge >= 0.3 is 0 Å². The van der Waals surface area contributed by atoms with Crippen LogP contribution in [0.1, 0.15) is 11.1 Å². The normalized spacial score (nSPS) is 10.7. The number of carbonyl (C=O) groups is 1. The highest BCUT2D eigenvalue weighted by molar-refractivity contribution is 6.02. The van der Waals surface area contributed by atoms with Gasteiger partial charge in [0.05, 0.1) is 4.92 Å². The van der Waals surface area contributed by atoms with Crippen molar-refractivity contribution >= 4 is 23.4 Å². The second-order valence-electron chi connectivity index (χ2n) is 5.78. The fourth-order valence-corrected chi connectivity index (χ4v) is 2.39. The van der Waals surface area contributed by atoms with Crippen LogP contribution < -0.4 is 5.32 Å². The van der Waals surface area contributed by atoms with Gasteiger partial charge in [-0.3, -0.25) is 14.9 Å². The largest absolute Gasteiger partial charge is 0.322 e. The highest BCUT2D eigenvalue weighted by atomic mass is 16.6. The molecule has 7 heteroatoms. The van der Waals surface area contributed by atoms with E-state index in [9.17, 15) is 14.9 Å². The Hall–Kier alpha value is -3.87. The Kier molecular flexibility index (Phi) is 5.32. The van der Waals surface area contributed by atoms with Crippen LogP contribution in [-0.4, -0.2) is 20.8 Å². The molecular weight excluding hydrogens is 344 g/mol. The number of rotatable bonds is 5. The van der Waals surface area contributed by atoms with Gasteiger partial charge in [-0.15, -0.1) is 0 Å². The maximum Gasteiger partial charge on any atom is 0.270 e. The lowest BCUT2D eigenvalue weighted by Crippen LogP contribution is -2.08. The minimum Gasteiger partial charge on any atom is -0.322 e. The first-order chi connectivity index (χ1) is 13.0. The first kappa shape index (κ1) is 17.9. The Labute approximate surface area is 155 Å². The highest BCUT2D eigenvalue weighted by Crippen LogP contribution is 2.20. The number of nitrogens with one attached hydrogen (secondary N) is 1. The Morgan fingerprint density at radius 2 is 1.85 bits per heavy atom. The van der Waals surface area contributed by atoms with Crippen LogP contribution in [0.25, 0.3) is 17.5 Å². The number of aromatic nitrogens is 2. The summed E-state index contributed by atoms with van der Waals surface area (Å²) in [5.74, 6) is 0.118. The maximum absolute atomic E-state index is 12.0. The number of benzene rings is 2. The van der Waals surface area contributed by atoms with E-state index in [0.717, 1.165) is 11.3 Å². The van der Waals surface area contributed by atoms with Crippen molar-refractivity contribution in [3.8, 4) is 11.4 Å². The smallest absolute Gasteiger partial charge is 0.270 e. The van der Waals surface area contributed by atoms with Crippen molar-refractivity contribution in [2.75, 3.05) is 5.32 Å². The molecule has 134 valence electrons. The van der Waals surface area contributed by atoms with Crippen molar-refractivity contribution < 1.29 is 9.72 Å². The van der Waals surface area contributed by atoms with E-state index in [-0.39, 0.29) is 11.6 Å². The second kappa shape index (κ2) is 8.01. The highest BCUT2D eigenvalue weighted by Gasteiger charge is 2.08. The third-order valence-electron chi connectivity index (χ3n) is 3.82. The SMILES string of the molecule is Cc1ccccc1NC(=O)/C=C/c1cnc(-c2cccc([N+](=O)[O-])c2)nc1. The number of hydrogen-bond acceptors (Lipinski definition) is 5. The lowest BCUT2D eigenvalue weighted by molar-refractivity contribution is -0.384. The monoisotopic (exact) mass is 360 g/mol. The summed E-state index contributed by atoms with van der Waals surface area (Å²) in [5, 5.41) is 13.7. The Balaban J connectivity index is 1.69. The first-order valence-corrected chi connectivity index (χ1v) is 8.14. The summed E-state index contributed by atoms with van der Waals surface area (Å²) in [6, 6.07) is 13.6. The number of carbonyl (C=O) groups excluding carboxylic acids is 1. The molecule has 0 atom stereocenters. The third-order valence-corrected chi connectivity index (χ3v) is 3.82. The minimum atomic E-state index is -0.465. The number of nitro groups is 1. The van der Waals surface area contributed by atoms with E-state index in [1.165, 1.54) is 18.2 Å². The third kappa shape index (κ3) is 4.60. The Bertz CT molecular complexity index is 1010. The molecule has 1 heterocycles. The van der Waals surface area contributed by atoms with Gasteiger partial charge < -0.3 is 5.32 Å². The van der Waals surface area contributed by atoms with Gasteiger partial charge in [0.2, 0.25) is 5.91 Å². The zero-order valence-corrected chi connectivity index (χ0v) is 14.5. The number of para-hydroxylation sites is 1. The number of hydrogen-bond donors (Lipinski definition) is 1. The number of nitro benzene ring substituents is 1. The molecule has 0 aliphatic carbocycles. The molecule has 7 nitrogen and oxygen atoms in total. The predicted molar refractivity (Wildman–Crippen MR) is 103 cm³/mol. The maximum atomic E-state index is 12.0. The summed E-state index contributed by atoms with van der Waals surface area (Å²) >= 11 is 0. The van der Waals surface area contributed by atoms with Gasteiger partial charge in [0, 0.05) is 47.4 Å². The lowest BCUT2D eigenvalue weighted by atomic mass is 10.2. The Morgan fingerprint density at radius 3 is 2.56 bits per heavy atom. The van der Waals surface area contributed by atoms with E-state index in [2.05, 4.69) is 15.3 Å². The van der Waals surface area contributed by atoms with Gasteiger partial charge in [-0.1, -0.05) is 30.3 Å². The van der Waals surface area contributed by atoms with Gasteiger partial charge in [0.1, 0.15) is 0 Å². The number of amides is 1. The van der Waals surface area contributed by atoms with Gasteiger partial charge in [-0.25, -0.2) is 9.97 Å². The number of non-ortho nitro benzene ring substituents is 1. The fraction of sp³-hybridized carbons (Fsp3) is 0.0500. The van der Waals surface area contributed by atoms with E-state index in [0.29, 0.717) is 17.0 Å². The Morgan fingerprint density at radius 1 is 1.11 bits per heavy atom. The van der Waals surface area contributed by atoms with Crippen LogP contribution in [0.15, 0.2) is 67.0 Å². The van der Waals surface area contributed by atoms with E-state index in [4.69, 9.17) is 0 Å². The summed E-state index contributed by atoms with van der Waals surface area (Å²) in [5.41, 5.74) is 2.90. The molecule has 0 bridgehead atoms. The van der Waals surface area contributed by atoms with Crippen LogP contribution in [0.4, 0.5) is 11.4 Å². The zero-order valence-electron chi connectivity index (χ0n) is 14.5. The first-order valence-electron chi connectivity index (χ1n) is 8.14. The van der Waals surface area contributed by atoms with E-state index < -0.39 is 4.92 Å². The second-order valence-corrected chi connectivity index (χ2v) is 5.78. The van der Waals surface area contributed by atoms with Crippen LogP contribution >= 0.6 is 0 Å². The number of anilines is 1. The molecule has 0 aliphatic rings. The molecule has 27 heavy (non-hydrogen) atoms. The fourth-order valence-electron chi connectivity index (χ4n) is 2.39. The molecule has 3 aromatic rings. The summed E-state index contributed by atoms with van der Waals surface area (Å²) in [7, 11) is 0. The summed E-state index contributed by atoms with van der Waals surface area (Å²) in [6.07, 6.45) is 6.11. The van der Waals surface area contributed by atoms with E-state index in [1.54, 1.807) is 30.6 Å². The van der Waals surface area contributed by atoms with Crippen molar-refractivity contribution in [3.05, 3.63) is 88.2 Å². The van der Waals surface area contributed by atoms with Crippen LogP contribution in [0.2, 0.25) is 0 Å². The van der Waals surface area contributed by atoms with Crippen molar-refractivity contribution in [1.29, 1.82) is 0 Å². The molecule has 0 fully saturated rings. The average molecular weight is 360 g/mol. The lowest BCUT2D eigenvalue weighted by Gasteiger charge is -2.05. The molecular formula is C20H16N4O3. The van der Waals surface area contributed by atoms with Crippen molar-refractivity contribution in [3.63, 3.8) is 0 Å². The van der Waals surface area contributed by atoms with E-state index >= 15 is 0 Å². The molecule has 0 aliphatic heterocycles. The molecule has 1 N–H and O–H groups in total. The molecule has 3 rings (SSSR count). The number of aryl methyl sites for hydroxylation is 1. The van der Waals surface area contributed by atoms with Gasteiger partial charge in [-0.2, -0.15) is 0 Å². The molecule has 1 aromatic heterocycles. The van der Waals surface area contributed by atoms with Gasteiger partial charge in [0.25, 0.3) is 5.69 Å². The molecule has 2 aromatic carbocycles. The molecule has 0 unspecified atom stereocenters. The van der Waals surface area contributed by atoms with Crippen LogP contribution in [0.3, 0.4) is 0 Å². The number of nitrogens with zero attached hydrogens (tertiary/aromatic N) is 3. The van der Waals surface area contributed by atoms with Gasteiger partial charge in [0.15, 0.2) is 5.82 Å². The van der Waals surface area contributed by atoms with Crippen molar-refractivity contribution in [2.45, 2.75) is 6.92 Å². The zero-order chi connectivity index (χ0) is 19.2. The molecule has 1 amide bonds. The standard InChI is InChI=1S/C20H16N4O3/c1-14-5-2-3-8-18(14)23-19(25)10-9-15-12-21-20(22-13-15)16-6-4-7-17(11-16)24(26)27/h2-13H,1H3,(H,23,25)/b10-9+. The van der Waals surface area contributed by atoms with Crippen LogP contribution in [0.5, 0.6) is 0 Å². The van der Waals surface area contributed by atoms with Crippen LogP contribution in [-0.2, 0) is 4.79 Å².